The van der Waals surface area contributed by atoms with Crippen LogP contribution in [-0.2, 0) is 6.18 Å². The molecule has 0 bridgehead atoms. The molecular weight excluding hydrogens is 253 g/mol. The molecule has 0 aliphatic carbocycles. The molecule has 1 aliphatic heterocycles. The highest BCUT2D eigenvalue weighted by Gasteiger charge is 2.33. The summed E-state index contributed by atoms with van der Waals surface area (Å²) < 4.78 is 38.3. The van der Waals surface area contributed by atoms with Crippen molar-refractivity contribution in [3.05, 3.63) is 35.5 Å². The maximum absolute atomic E-state index is 12.8. The molecule has 2 N–H and O–H groups in total. The second kappa shape index (κ2) is 4.56. The lowest BCUT2D eigenvalue weighted by atomic mass is 9.88. The molecule has 1 aliphatic rings. The first-order valence-electron chi connectivity index (χ1n) is 6.45. The summed E-state index contributed by atoms with van der Waals surface area (Å²) in [6, 6.07) is 6.73. The van der Waals surface area contributed by atoms with Crippen LogP contribution in [0.25, 0.3) is 10.9 Å². The van der Waals surface area contributed by atoms with Gasteiger partial charge in [-0.15, -0.1) is 0 Å². The zero-order chi connectivity index (χ0) is 13.5. The molecule has 19 heavy (non-hydrogen) atoms. The molecule has 2 nitrogen and oxygen atoms in total. The van der Waals surface area contributed by atoms with Gasteiger partial charge in [0.1, 0.15) is 5.69 Å². The summed E-state index contributed by atoms with van der Waals surface area (Å²) in [7, 11) is 0. The standard InChI is InChI=1S/C14H15F3N2/c15-14(16,17)13-8-11-10(2-1-3-12(11)19-13)9-4-6-18-7-5-9/h1-3,8-9,18-19H,4-7H2. The molecule has 0 atom stereocenters. The van der Waals surface area contributed by atoms with Crippen LogP contribution in [0.15, 0.2) is 24.3 Å². The maximum atomic E-state index is 12.8. The van der Waals surface area contributed by atoms with Gasteiger partial charge in [-0.25, -0.2) is 0 Å². The molecule has 102 valence electrons. The second-order valence-corrected chi connectivity index (χ2v) is 5.01. The van der Waals surface area contributed by atoms with Gasteiger partial charge in [-0.2, -0.15) is 13.2 Å². The van der Waals surface area contributed by atoms with Crippen LogP contribution in [0.2, 0.25) is 0 Å². The number of aromatic nitrogens is 1. The van der Waals surface area contributed by atoms with E-state index >= 15 is 0 Å². The van der Waals surface area contributed by atoms with Crippen molar-refractivity contribution in [3.8, 4) is 0 Å². The van der Waals surface area contributed by atoms with Gasteiger partial charge in [0.05, 0.1) is 0 Å². The van der Waals surface area contributed by atoms with Gasteiger partial charge in [0.2, 0.25) is 0 Å². The van der Waals surface area contributed by atoms with E-state index in [0.717, 1.165) is 31.5 Å². The summed E-state index contributed by atoms with van der Waals surface area (Å²) in [5.41, 5.74) is 0.943. The van der Waals surface area contributed by atoms with E-state index in [4.69, 9.17) is 0 Å². The van der Waals surface area contributed by atoms with Crippen LogP contribution < -0.4 is 5.32 Å². The van der Waals surface area contributed by atoms with Gasteiger partial charge in [0.25, 0.3) is 0 Å². The number of fused-ring (bicyclic) bond motifs is 1. The minimum Gasteiger partial charge on any atom is -0.351 e. The molecule has 0 amide bonds. The summed E-state index contributed by atoms with van der Waals surface area (Å²) in [6.45, 7) is 1.86. The van der Waals surface area contributed by atoms with Crippen LogP contribution in [-0.4, -0.2) is 18.1 Å². The van der Waals surface area contributed by atoms with Crippen molar-refractivity contribution in [3.63, 3.8) is 0 Å². The molecule has 5 heteroatoms. The Labute approximate surface area is 109 Å². The third-order valence-corrected chi connectivity index (χ3v) is 3.78. The zero-order valence-corrected chi connectivity index (χ0v) is 10.3. The molecule has 1 fully saturated rings. The lowest BCUT2D eigenvalue weighted by Crippen LogP contribution is -2.26. The molecule has 3 rings (SSSR count). The van der Waals surface area contributed by atoms with Crippen molar-refractivity contribution >= 4 is 10.9 Å². The third kappa shape index (κ3) is 2.34. The first-order valence-corrected chi connectivity index (χ1v) is 6.45. The van der Waals surface area contributed by atoms with Crippen LogP contribution in [0.3, 0.4) is 0 Å². The summed E-state index contributed by atoms with van der Waals surface area (Å²) in [4.78, 5) is 2.47. The summed E-state index contributed by atoms with van der Waals surface area (Å²) >= 11 is 0. The first kappa shape index (κ1) is 12.5. The number of hydrogen-bond donors (Lipinski definition) is 2. The van der Waals surface area contributed by atoms with Gasteiger partial charge in [-0.3, -0.25) is 0 Å². The van der Waals surface area contributed by atoms with Crippen molar-refractivity contribution in [2.45, 2.75) is 24.9 Å². The van der Waals surface area contributed by atoms with E-state index in [1.807, 2.05) is 12.1 Å². The van der Waals surface area contributed by atoms with Gasteiger partial charge < -0.3 is 10.3 Å². The third-order valence-electron chi connectivity index (χ3n) is 3.78. The first-order chi connectivity index (χ1) is 9.05. The van der Waals surface area contributed by atoms with E-state index in [1.165, 1.54) is 6.07 Å². The van der Waals surface area contributed by atoms with E-state index in [1.54, 1.807) is 6.07 Å². The molecule has 2 heterocycles. The molecule has 0 unspecified atom stereocenters. The summed E-state index contributed by atoms with van der Waals surface area (Å²) in [5, 5.41) is 3.98. The topological polar surface area (TPSA) is 27.8 Å². The molecule has 1 saturated heterocycles. The molecule has 1 aromatic heterocycles. The van der Waals surface area contributed by atoms with Gasteiger partial charge in [-0.1, -0.05) is 12.1 Å². The lowest BCUT2D eigenvalue weighted by Gasteiger charge is -2.23. The number of aromatic amines is 1. The largest absolute Gasteiger partial charge is 0.431 e. The fraction of sp³-hybridized carbons (Fsp3) is 0.429. The van der Waals surface area contributed by atoms with Crippen molar-refractivity contribution in [1.29, 1.82) is 0 Å². The Morgan fingerprint density at radius 2 is 1.84 bits per heavy atom. The highest BCUT2D eigenvalue weighted by molar-refractivity contribution is 5.84. The number of H-pyrrole nitrogens is 1. The van der Waals surface area contributed by atoms with Gasteiger partial charge in [-0.05, 0) is 49.5 Å². The summed E-state index contributed by atoms with van der Waals surface area (Å²) in [6.07, 6.45) is -2.36. The fourth-order valence-electron chi connectivity index (χ4n) is 2.82. The van der Waals surface area contributed by atoms with E-state index in [9.17, 15) is 13.2 Å². The number of nitrogens with one attached hydrogen (secondary N) is 2. The van der Waals surface area contributed by atoms with E-state index < -0.39 is 11.9 Å². The van der Waals surface area contributed by atoms with Crippen LogP contribution in [0.4, 0.5) is 13.2 Å². The number of halogens is 3. The Kier molecular flexibility index (Phi) is 3.01. The average Bonchev–Trinajstić information content (AvgIpc) is 2.83. The van der Waals surface area contributed by atoms with E-state index in [0.29, 0.717) is 16.8 Å². The SMILES string of the molecule is FC(F)(F)c1cc2c(C3CCNCC3)cccc2[nH]1. The van der Waals surface area contributed by atoms with Crippen molar-refractivity contribution < 1.29 is 13.2 Å². The van der Waals surface area contributed by atoms with Crippen LogP contribution >= 0.6 is 0 Å². The minimum atomic E-state index is -4.32. The van der Waals surface area contributed by atoms with Crippen molar-refractivity contribution in [2.24, 2.45) is 0 Å². The molecular formula is C14H15F3N2. The monoisotopic (exact) mass is 268 g/mol. The molecule has 0 radical (unpaired) electrons. The zero-order valence-electron chi connectivity index (χ0n) is 10.3. The van der Waals surface area contributed by atoms with E-state index in [-0.39, 0.29) is 0 Å². The predicted molar refractivity (Wildman–Crippen MR) is 68.1 cm³/mol. The summed E-state index contributed by atoms with van der Waals surface area (Å²) in [5.74, 6) is 0.349. The smallest absolute Gasteiger partial charge is 0.351 e. The van der Waals surface area contributed by atoms with E-state index in [2.05, 4.69) is 10.3 Å². The number of benzene rings is 1. The number of hydrogen-bond acceptors (Lipinski definition) is 1. The quantitative estimate of drug-likeness (QED) is 0.811. The average molecular weight is 268 g/mol. The van der Waals surface area contributed by atoms with Crippen LogP contribution in [0.5, 0.6) is 0 Å². The molecule has 0 saturated carbocycles. The minimum absolute atomic E-state index is 0.349. The van der Waals surface area contributed by atoms with Crippen molar-refractivity contribution in [1.82, 2.24) is 10.3 Å². The Morgan fingerprint density at radius 1 is 1.11 bits per heavy atom. The predicted octanol–water partition coefficient (Wildman–Crippen LogP) is 3.65. The highest BCUT2D eigenvalue weighted by atomic mass is 19.4. The maximum Gasteiger partial charge on any atom is 0.431 e. The number of rotatable bonds is 1. The Bertz CT molecular complexity index is 580. The number of alkyl halides is 3. The van der Waals surface area contributed by atoms with Crippen LogP contribution in [0, 0.1) is 0 Å². The number of piperidine rings is 1. The van der Waals surface area contributed by atoms with Gasteiger partial charge in [0.15, 0.2) is 0 Å². The highest BCUT2D eigenvalue weighted by Crippen LogP contribution is 2.36. The normalized spacial score (nSPS) is 18.1. The Hall–Kier alpha value is -1.49. The fourth-order valence-corrected chi connectivity index (χ4v) is 2.82. The Morgan fingerprint density at radius 3 is 2.53 bits per heavy atom. The molecule has 1 aromatic carbocycles. The Balaban J connectivity index is 2.07. The van der Waals surface area contributed by atoms with Gasteiger partial charge in [0, 0.05) is 10.9 Å². The lowest BCUT2D eigenvalue weighted by molar-refractivity contribution is -0.140. The second-order valence-electron chi connectivity index (χ2n) is 5.01. The van der Waals surface area contributed by atoms with Crippen LogP contribution in [0.1, 0.15) is 30.0 Å². The van der Waals surface area contributed by atoms with Crippen molar-refractivity contribution in [2.75, 3.05) is 13.1 Å². The molecule has 0 spiro atoms. The molecule has 2 aromatic rings. The van der Waals surface area contributed by atoms with Gasteiger partial charge >= 0.3 is 6.18 Å².